The Kier molecular flexibility index (Phi) is 14.0. The molecule has 10 heteroatoms. The van der Waals surface area contributed by atoms with Gasteiger partial charge in [-0.2, -0.15) is 0 Å². The van der Waals surface area contributed by atoms with Crippen LogP contribution in [0.3, 0.4) is 0 Å². The van der Waals surface area contributed by atoms with E-state index in [9.17, 15) is 9.59 Å². The van der Waals surface area contributed by atoms with Crippen LogP contribution < -0.4 is 0 Å². The summed E-state index contributed by atoms with van der Waals surface area (Å²) < 4.78 is 20.1. The molecule has 0 aromatic carbocycles. The monoisotopic (exact) mass is 352 g/mol. The Morgan fingerprint density at radius 3 is 1.33 bits per heavy atom. The highest BCUT2D eigenvalue weighted by Crippen LogP contribution is 1.98. The number of hydrogen-bond acceptors (Lipinski definition) is 8. The van der Waals surface area contributed by atoms with Crippen LogP contribution in [0, 0.1) is 0 Å². The maximum absolute atomic E-state index is 9.55. The Balaban J connectivity index is 0.000000331. The van der Waals surface area contributed by atoms with Gasteiger partial charge >= 0.3 is 11.9 Å². The van der Waals surface area contributed by atoms with Crippen LogP contribution >= 0.6 is 0 Å². The van der Waals surface area contributed by atoms with Gasteiger partial charge in [0.05, 0.1) is 52.9 Å². The lowest BCUT2D eigenvalue weighted by Crippen LogP contribution is -2.31. The van der Waals surface area contributed by atoms with E-state index < -0.39 is 11.9 Å². The molecule has 4 N–H and O–H groups in total. The van der Waals surface area contributed by atoms with Crippen molar-refractivity contribution >= 4 is 11.9 Å². The molecule has 2 rings (SSSR count). The minimum absolute atomic E-state index is 0.0694. The number of rotatable bonds is 4. The maximum atomic E-state index is 9.55. The second-order valence-electron chi connectivity index (χ2n) is 4.51. The number of carbonyl (C=O) groups is 2. The van der Waals surface area contributed by atoms with Crippen molar-refractivity contribution in [3.05, 3.63) is 12.2 Å². The number of aliphatic carboxylic acids is 2. The third-order valence-corrected chi connectivity index (χ3v) is 2.55. The van der Waals surface area contributed by atoms with Crippen molar-refractivity contribution in [2.75, 3.05) is 52.9 Å². The van der Waals surface area contributed by atoms with Crippen molar-refractivity contribution in [3.63, 3.8) is 0 Å². The van der Waals surface area contributed by atoms with Gasteiger partial charge in [-0.05, 0) is 0 Å². The fourth-order valence-corrected chi connectivity index (χ4v) is 1.43. The predicted octanol–water partition coefficient (Wildman–Crippen LogP) is -1.50. The summed E-state index contributed by atoms with van der Waals surface area (Å²) in [4.78, 5) is 19.1. The molecule has 2 aliphatic rings. The number of ether oxygens (including phenoxy) is 4. The molecule has 0 aromatic heterocycles. The van der Waals surface area contributed by atoms with Crippen molar-refractivity contribution in [1.29, 1.82) is 0 Å². The van der Waals surface area contributed by atoms with Gasteiger partial charge in [0.1, 0.15) is 12.2 Å². The van der Waals surface area contributed by atoms with E-state index in [1.807, 2.05) is 0 Å². The molecule has 2 saturated heterocycles. The lowest BCUT2D eigenvalue weighted by molar-refractivity contribution is -0.134. The largest absolute Gasteiger partial charge is 0.478 e. The Bertz CT molecular complexity index is 325. The summed E-state index contributed by atoms with van der Waals surface area (Å²) in [6.45, 7) is 3.77. The van der Waals surface area contributed by atoms with Crippen LogP contribution in [0.4, 0.5) is 0 Å². The fraction of sp³-hybridized carbons (Fsp3) is 0.714. The van der Waals surface area contributed by atoms with Gasteiger partial charge in [0.2, 0.25) is 0 Å². The van der Waals surface area contributed by atoms with Gasteiger partial charge in [-0.25, -0.2) is 9.59 Å². The molecule has 0 saturated carbocycles. The molecular weight excluding hydrogens is 328 g/mol. The first-order chi connectivity index (χ1) is 11.5. The van der Waals surface area contributed by atoms with Gasteiger partial charge in [-0.15, -0.1) is 0 Å². The first kappa shape index (κ1) is 22.4. The van der Waals surface area contributed by atoms with Crippen molar-refractivity contribution in [1.82, 2.24) is 0 Å². The smallest absolute Gasteiger partial charge is 0.328 e. The van der Waals surface area contributed by atoms with E-state index in [2.05, 4.69) is 0 Å². The Labute approximate surface area is 139 Å². The molecular formula is C14H24O10. The molecule has 0 spiro atoms. The van der Waals surface area contributed by atoms with E-state index in [1.54, 1.807) is 0 Å². The first-order valence-corrected chi connectivity index (χ1v) is 7.24. The number of carboxylic acid groups (broad SMARTS) is 2. The van der Waals surface area contributed by atoms with Crippen molar-refractivity contribution in [2.24, 2.45) is 0 Å². The maximum Gasteiger partial charge on any atom is 0.328 e. The highest BCUT2D eigenvalue weighted by atomic mass is 16.6. The van der Waals surface area contributed by atoms with Crippen molar-refractivity contribution in [3.8, 4) is 0 Å². The van der Waals surface area contributed by atoms with E-state index in [0.29, 0.717) is 51.8 Å². The van der Waals surface area contributed by atoms with E-state index in [0.717, 1.165) is 0 Å². The zero-order valence-electron chi connectivity index (χ0n) is 13.2. The molecule has 140 valence electrons. The van der Waals surface area contributed by atoms with E-state index in [1.165, 1.54) is 0 Å². The van der Waals surface area contributed by atoms with Crippen LogP contribution in [-0.4, -0.2) is 97.4 Å². The van der Waals surface area contributed by atoms with Gasteiger partial charge in [0, 0.05) is 12.2 Å². The summed E-state index contributed by atoms with van der Waals surface area (Å²) in [7, 11) is 0. The summed E-state index contributed by atoms with van der Waals surface area (Å²) in [5.74, 6) is -2.51. The summed E-state index contributed by atoms with van der Waals surface area (Å²) in [6, 6.07) is 0. The molecule has 24 heavy (non-hydrogen) atoms. The lowest BCUT2D eigenvalue weighted by atomic mass is 10.4. The van der Waals surface area contributed by atoms with Crippen molar-refractivity contribution < 1.29 is 49.0 Å². The second kappa shape index (κ2) is 15.0. The van der Waals surface area contributed by atoms with Crippen LogP contribution in [0.2, 0.25) is 0 Å². The highest BCUT2D eigenvalue weighted by molar-refractivity contribution is 5.89. The average molecular weight is 352 g/mol. The zero-order chi connectivity index (χ0) is 18.2. The Morgan fingerprint density at radius 2 is 1.17 bits per heavy atom. The minimum Gasteiger partial charge on any atom is -0.478 e. The van der Waals surface area contributed by atoms with Crippen LogP contribution in [0.25, 0.3) is 0 Å². The average Bonchev–Trinajstić information content (AvgIpc) is 2.62. The zero-order valence-corrected chi connectivity index (χ0v) is 13.2. The van der Waals surface area contributed by atoms with Crippen LogP contribution in [0.15, 0.2) is 12.2 Å². The molecule has 2 fully saturated rings. The predicted molar refractivity (Wildman–Crippen MR) is 79.7 cm³/mol. The third-order valence-electron chi connectivity index (χ3n) is 2.55. The molecule has 0 aromatic rings. The second-order valence-corrected chi connectivity index (χ2v) is 4.51. The van der Waals surface area contributed by atoms with Gasteiger partial charge in [-0.3, -0.25) is 0 Å². The topological polar surface area (TPSA) is 152 Å². The number of aliphatic hydroxyl groups is 2. The van der Waals surface area contributed by atoms with Crippen molar-refractivity contribution in [2.45, 2.75) is 12.2 Å². The van der Waals surface area contributed by atoms with Gasteiger partial charge in [0.25, 0.3) is 0 Å². The quantitative estimate of drug-likeness (QED) is 0.440. The molecule has 2 aliphatic heterocycles. The highest BCUT2D eigenvalue weighted by Gasteiger charge is 2.12. The summed E-state index contributed by atoms with van der Waals surface area (Å²) >= 11 is 0. The number of carboxylic acids is 2. The standard InChI is InChI=1S/2C5H10O3.C4H4O4/c2*6-3-5-4-7-1-2-8-5;5-3(6)1-2-4(7)8/h2*5-6H,1-4H2;1-2H,(H,5,6)(H,7,8). The van der Waals surface area contributed by atoms with E-state index >= 15 is 0 Å². The summed E-state index contributed by atoms with van der Waals surface area (Å²) in [5, 5.41) is 32.6. The van der Waals surface area contributed by atoms with Gasteiger partial charge in [-0.1, -0.05) is 0 Å². The number of aliphatic hydroxyl groups excluding tert-OH is 2. The van der Waals surface area contributed by atoms with Gasteiger partial charge < -0.3 is 39.4 Å². The van der Waals surface area contributed by atoms with Crippen LogP contribution in [-0.2, 0) is 28.5 Å². The Morgan fingerprint density at radius 1 is 0.792 bits per heavy atom. The third kappa shape index (κ3) is 14.1. The normalized spacial score (nSPS) is 23.4. The molecule has 0 radical (unpaired) electrons. The summed E-state index contributed by atoms with van der Waals surface area (Å²) in [5.41, 5.74) is 0. The van der Waals surface area contributed by atoms with Crippen LogP contribution in [0.5, 0.6) is 0 Å². The molecule has 2 unspecified atom stereocenters. The van der Waals surface area contributed by atoms with Gasteiger partial charge in [0.15, 0.2) is 0 Å². The van der Waals surface area contributed by atoms with Crippen LogP contribution in [0.1, 0.15) is 0 Å². The van der Waals surface area contributed by atoms with E-state index in [4.69, 9.17) is 39.4 Å². The van der Waals surface area contributed by atoms with E-state index in [-0.39, 0.29) is 25.4 Å². The molecule has 2 heterocycles. The SMILES string of the molecule is O=C(O)C=CC(=O)O.OCC1COCCO1.OCC1COCCO1. The molecule has 0 amide bonds. The minimum atomic E-state index is -1.26. The fourth-order valence-electron chi connectivity index (χ4n) is 1.43. The molecule has 2 atom stereocenters. The molecule has 0 bridgehead atoms. The molecule has 10 nitrogen and oxygen atoms in total. The lowest BCUT2D eigenvalue weighted by Gasteiger charge is -2.20. The summed E-state index contributed by atoms with van der Waals surface area (Å²) in [6.07, 6.45) is 0.956. The number of hydrogen-bond donors (Lipinski definition) is 4. The Hall–Kier alpha value is -1.56. The molecule has 0 aliphatic carbocycles. The first-order valence-electron chi connectivity index (χ1n) is 7.24.